The number of carboxylic acid groups (broad SMARTS) is 1. The van der Waals surface area contributed by atoms with Gasteiger partial charge in [-0.2, -0.15) is 5.26 Å². The molecule has 0 saturated heterocycles. The Morgan fingerprint density at radius 1 is 1.61 bits per heavy atom. The summed E-state index contributed by atoms with van der Waals surface area (Å²) in [4.78, 5) is 16.6. The maximum Gasteiger partial charge on any atom is 0.317 e. The van der Waals surface area contributed by atoms with Crippen molar-refractivity contribution < 1.29 is 9.90 Å². The summed E-state index contributed by atoms with van der Waals surface area (Å²) >= 11 is 0. The number of aliphatic carboxylic acids is 1. The number of hydrogen-bond acceptors (Lipinski definition) is 4. The molecule has 1 aromatic heterocycles. The Hall–Kier alpha value is -1.93. The summed E-state index contributed by atoms with van der Waals surface area (Å²) < 4.78 is 0. The maximum atomic E-state index is 10.8. The molecule has 18 heavy (non-hydrogen) atoms. The highest BCUT2D eigenvalue weighted by Crippen LogP contribution is 2.30. The molecule has 1 fully saturated rings. The lowest BCUT2D eigenvalue weighted by Crippen LogP contribution is -2.31. The van der Waals surface area contributed by atoms with Gasteiger partial charge < -0.3 is 5.11 Å². The van der Waals surface area contributed by atoms with Crippen molar-refractivity contribution >= 4 is 5.97 Å². The number of carbonyl (C=O) groups is 1. The van der Waals surface area contributed by atoms with Gasteiger partial charge in [-0.1, -0.05) is 0 Å². The van der Waals surface area contributed by atoms with Crippen molar-refractivity contribution in [3.63, 3.8) is 0 Å². The standard InChI is InChI=1S/C13H15N3O2/c14-6-12-5-11(3-4-15-12)8-16(9-13(17)18)7-10-1-2-10/h3-5,10H,1-2,7-9H2,(H,17,18). The normalized spacial score (nSPS) is 14.4. The zero-order chi connectivity index (χ0) is 13.0. The molecule has 1 heterocycles. The third-order valence-corrected chi connectivity index (χ3v) is 2.92. The Morgan fingerprint density at radius 2 is 2.39 bits per heavy atom. The van der Waals surface area contributed by atoms with Gasteiger partial charge in [-0.05, 0) is 36.5 Å². The lowest BCUT2D eigenvalue weighted by Gasteiger charge is -2.19. The minimum Gasteiger partial charge on any atom is -0.480 e. The summed E-state index contributed by atoms with van der Waals surface area (Å²) in [5.74, 6) is -0.174. The molecule has 1 aliphatic rings. The number of pyridine rings is 1. The lowest BCUT2D eigenvalue weighted by atomic mass is 10.2. The van der Waals surface area contributed by atoms with E-state index in [1.165, 1.54) is 12.8 Å². The Morgan fingerprint density at radius 3 is 3.00 bits per heavy atom. The first-order valence-corrected chi connectivity index (χ1v) is 5.96. The zero-order valence-corrected chi connectivity index (χ0v) is 10.0. The molecular weight excluding hydrogens is 230 g/mol. The smallest absolute Gasteiger partial charge is 0.317 e. The first kappa shape index (κ1) is 12.5. The molecule has 0 spiro atoms. The molecule has 5 heteroatoms. The Balaban J connectivity index is 2.01. The van der Waals surface area contributed by atoms with Crippen LogP contribution >= 0.6 is 0 Å². The molecule has 0 unspecified atom stereocenters. The van der Waals surface area contributed by atoms with E-state index in [9.17, 15) is 4.79 Å². The number of nitriles is 1. The van der Waals surface area contributed by atoms with E-state index in [-0.39, 0.29) is 6.54 Å². The summed E-state index contributed by atoms with van der Waals surface area (Å²) in [6, 6.07) is 5.52. The van der Waals surface area contributed by atoms with E-state index in [4.69, 9.17) is 10.4 Å². The third kappa shape index (κ3) is 3.82. The summed E-state index contributed by atoms with van der Waals surface area (Å²) in [6.07, 6.45) is 3.97. The van der Waals surface area contributed by atoms with Crippen LogP contribution < -0.4 is 0 Å². The van der Waals surface area contributed by atoms with Gasteiger partial charge in [0.15, 0.2) is 0 Å². The van der Waals surface area contributed by atoms with Gasteiger partial charge in [0.25, 0.3) is 0 Å². The summed E-state index contributed by atoms with van der Waals surface area (Å²) in [5.41, 5.74) is 1.30. The highest BCUT2D eigenvalue weighted by atomic mass is 16.4. The van der Waals surface area contributed by atoms with Crippen LogP contribution in [0.25, 0.3) is 0 Å². The average Bonchev–Trinajstić information content (AvgIpc) is 3.12. The number of aromatic nitrogens is 1. The van der Waals surface area contributed by atoms with Crippen molar-refractivity contribution in [3.05, 3.63) is 29.6 Å². The fraction of sp³-hybridized carbons (Fsp3) is 0.462. The van der Waals surface area contributed by atoms with Crippen molar-refractivity contribution in [1.82, 2.24) is 9.88 Å². The Kier molecular flexibility index (Phi) is 3.90. The van der Waals surface area contributed by atoms with Crippen LogP contribution in [-0.2, 0) is 11.3 Å². The predicted molar refractivity (Wildman–Crippen MR) is 64.6 cm³/mol. The van der Waals surface area contributed by atoms with Gasteiger partial charge in [-0.25, -0.2) is 4.98 Å². The molecule has 2 rings (SSSR count). The topological polar surface area (TPSA) is 77.2 Å². The Labute approximate surface area is 106 Å². The fourth-order valence-corrected chi connectivity index (χ4v) is 1.93. The van der Waals surface area contributed by atoms with Crippen LogP contribution in [0.2, 0.25) is 0 Å². The molecule has 0 bridgehead atoms. The SMILES string of the molecule is N#Cc1cc(CN(CC(=O)O)CC2CC2)ccn1. The van der Waals surface area contributed by atoms with Gasteiger partial charge in [0.05, 0.1) is 6.54 Å². The third-order valence-electron chi connectivity index (χ3n) is 2.92. The summed E-state index contributed by atoms with van der Waals surface area (Å²) in [6.45, 7) is 1.41. The molecule has 0 aromatic carbocycles. The predicted octanol–water partition coefficient (Wildman–Crippen LogP) is 1.25. The molecule has 94 valence electrons. The van der Waals surface area contributed by atoms with Gasteiger partial charge in [0.1, 0.15) is 11.8 Å². The second kappa shape index (κ2) is 5.61. The highest BCUT2D eigenvalue weighted by Gasteiger charge is 2.25. The maximum absolute atomic E-state index is 10.8. The van der Waals surface area contributed by atoms with Crippen LogP contribution in [0, 0.1) is 17.2 Å². The molecule has 1 N–H and O–H groups in total. The molecule has 5 nitrogen and oxygen atoms in total. The number of carboxylic acids is 1. The van der Waals surface area contributed by atoms with E-state index in [1.807, 2.05) is 17.0 Å². The first-order valence-electron chi connectivity index (χ1n) is 5.96. The largest absolute Gasteiger partial charge is 0.480 e. The first-order chi connectivity index (χ1) is 8.67. The van der Waals surface area contributed by atoms with Crippen molar-refractivity contribution in [2.75, 3.05) is 13.1 Å². The minimum absolute atomic E-state index is 0.0424. The lowest BCUT2D eigenvalue weighted by molar-refractivity contribution is -0.138. The van der Waals surface area contributed by atoms with Crippen molar-refractivity contribution in [2.24, 2.45) is 5.92 Å². The van der Waals surface area contributed by atoms with Crippen LogP contribution in [0.1, 0.15) is 24.1 Å². The van der Waals surface area contributed by atoms with E-state index in [2.05, 4.69) is 4.98 Å². The van der Waals surface area contributed by atoms with E-state index >= 15 is 0 Å². The molecule has 1 aromatic rings. The van der Waals surface area contributed by atoms with E-state index in [0.29, 0.717) is 18.2 Å². The molecular formula is C13H15N3O2. The summed E-state index contributed by atoms with van der Waals surface area (Å²) in [5, 5.41) is 17.7. The van der Waals surface area contributed by atoms with Gasteiger partial charge >= 0.3 is 5.97 Å². The Bertz CT molecular complexity index is 477. The van der Waals surface area contributed by atoms with Crippen molar-refractivity contribution in [3.8, 4) is 6.07 Å². The van der Waals surface area contributed by atoms with Crippen LogP contribution in [0.4, 0.5) is 0 Å². The second-order valence-electron chi connectivity index (χ2n) is 4.67. The zero-order valence-electron chi connectivity index (χ0n) is 10.0. The van der Waals surface area contributed by atoms with Crippen molar-refractivity contribution in [1.29, 1.82) is 5.26 Å². The molecule has 0 aliphatic heterocycles. The number of nitrogens with zero attached hydrogens (tertiary/aromatic N) is 3. The summed E-state index contributed by atoms with van der Waals surface area (Å²) in [7, 11) is 0. The number of hydrogen-bond donors (Lipinski definition) is 1. The monoisotopic (exact) mass is 245 g/mol. The highest BCUT2D eigenvalue weighted by molar-refractivity contribution is 5.69. The van der Waals surface area contributed by atoms with Crippen LogP contribution in [0.15, 0.2) is 18.3 Å². The van der Waals surface area contributed by atoms with Gasteiger partial charge in [-0.3, -0.25) is 9.69 Å². The van der Waals surface area contributed by atoms with E-state index in [1.54, 1.807) is 12.3 Å². The number of rotatable bonds is 6. The molecule has 1 saturated carbocycles. The molecule has 0 amide bonds. The van der Waals surface area contributed by atoms with Crippen LogP contribution in [-0.4, -0.2) is 34.0 Å². The molecule has 0 atom stereocenters. The fourth-order valence-electron chi connectivity index (χ4n) is 1.93. The van der Waals surface area contributed by atoms with Gasteiger partial charge in [-0.15, -0.1) is 0 Å². The second-order valence-corrected chi connectivity index (χ2v) is 4.67. The molecule has 0 radical (unpaired) electrons. The van der Waals surface area contributed by atoms with Crippen molar-refractivity contribution in [2.45, 2.75) is 19.4 Å². The molecule has 1 aliphatic carbocycles. The van der Waals surface area contributed by atoms with E-state index in [0.717, 1.165) is 12.1 Å². The average molecular weight is 245 g/mol. The van der Waals surface area contributed by atoms with E-state index < -0.39 is 5.97 Å². The van der Waals surface area contributed by atoms with Crippen LogP contribution in [0.5, 0.6) is 0 Å². The minimum atomic E-state index is -0.815. The quantitative estimate of drug-likeness (QED) is 0.816. The van der Waals surface area contributed by atoms with Gasteiger partial charge in [0.2, 0.25) is 0 Å². The van der Waals surface area contributed by atoms with Gasteiger partial charge in [0, 0.05) is 19.3 Å². The van der Waals surface area contributed by atoms with Crippen LogP contribution in [0.3, 0.4) is 0 Å².